The Bertz CT molecular complexity index is 1250. The van der Waals surface area contributed by atoms with Gasteiger partial charge in [-0.2, -0.15) is 5.26 Å². The highest BCUT2D eigenvalue weighted by atomic mass is 16.5. The molecule has 170 valence electrons. The van der Waals surface area contributed by atoms with Gasteiger partial charge < -0.3 is 14.2 Å². The van der Waals surface area contributed by atoms with Crippen LogP contribution in [0, 0.1) is 17.2 Å². The number of ether oxygens (including phenoxy) is 1. The summed E-state index contributed by atoms with van der Waals surface area (Å²) in [5.74, 6) is 0.542. The van der Waals surface area contributed by atoms with E-state index >= 15 is 0 Å². The summed E-state index contributed by atoms with van der Waals surface area (Å²) in [6.45, 7) is 7.14. The van der Waals surface area contributed by atoms with Gasteiger partial charge in [-0.05, 0) is 80.8 Å². The van der Waals surface area contributed by atoms with Crippen LogP contribution in [-0.2, 0) is 10.3 Å². The number of amides is 1. The summed E-state index contributed by atoms with van der Waals surface area (Å²) in [6, 6.07) is 20.7. The molecule has 2 aromatic carbocycles. The van der Waals surface area contributed by atoms with E-state index in [9.17, 15) is 10.1 Å². The molecule has 2 fully saturated rings. The van der Waals surface area contributed by atoms with E-state index in [0.717, 1.165) is 42.5 Å². The van der Waals surface area contributed by atoms with Crippen molar-refractivity contribution in [3.63, 3.8) is 0 Å². The van der Waals surface area contributed by atoms with E-state index in [1.54, 1.807) is 11.9 Å². The molecule has 0 spiro atoms. The summed E-state index contributed by atoms with van der Waals surface area (Å²) in [5, 5.41) is 11.1. The lowest BCUT2D eigenvalue weighted by Crippen LogP contribution is -2.33. The fourth-order valence-corrected chi connectivity index (χ4v) is 5.46. The number of carbonyl (C=O) groups excluding carboxylic acids is 1. The Morgan fingerprint density at radius 3 is 2.52 bits per heavy atom. The first-order valence-electron chi connectivity index (χ1n) is 11.8. The molecule has 5 rings (SSSR count). The number of carbonyl (C=O) groups is 1. The van der Waals surface area contributed by atoms with Crippen molar-refractivity contribution in [2.24, 2.45) is 5.92 Å². The molecule has 0 N–H and O–H groups in total. The number of rotatable bonds is 4. The van der Waals surface area contributed by atoms with Crippen molar-refractivity contribution in [3.8, 4) is 6.07 Å². The van der Waals surface area contributed by atoms with Crippen molar-refractivity contribution < 1.29 is 9.53 Å². The Morgan fingerprint density at radius 1 is 1.15 bits per heavy atom. The van der Waals surface area contributed by atoms with E-state index < -0.39 is 5.54 Å². The SMILES string of the molecule is C[C@@H]1C[C@@]1(C#N)n1c(C(=O)N(C)c2ccccc2)cc2cc([C@H]3CCOC(C)(C)C3)ccc21. The maximum absolute atomic E-state index is 13.7. The molecule has 2 heterocycles. The number of anilines is 1. The molecule has 1 amide bonds. The fourth-order valence-electron chi connectivity index (χ4n) is 5.46. The van der Waals surface area contributed by atoms with E-state index in [0.29, 0.717) is 11.6 Å². The minimum atomic E-state index is -0.660. The highest BCUT2D eigenvalue weighted by molar-refractivity contribution is 6.08. The molecule has 5 nitrogen and oxygen atoms in total. The molecule has 0 radical (unpaired) electrons. The van der Waals surface area contributed by atoms with Crippen LogP contribution in [0.25, 0.3) is 10.9 Å². The molecule has 1 aliphatic heterocycles. The smallest absolute Gasteiger partial charge is 0.274 e. The summed E-state index contributed by atoms with van der Waals surface area (Å²) in [5.41, 5.74) is 2.86. The van der Waals surface area contributed by atoms with Crippen molar-refractivity contribution >= 4 is 22.5 Å². The zero-order valence-corrected chi connectivity index (χ0v) is 19.8. The predicted octanol–water partition coefficient (Wildman–Crippen LogP) is 5.85. The Morgan fingerprint density at radius 2 is 1.88 bits per heavy atom. The molecule has 1 saturated carbocycles. The minimum Gasteiger partial charge on any atom is -0.376 e. The molecule has 1 aliphatic carbocycles. The third-order valence-corrected chi connectivity index (χ3v) is 7.53. The van der Waals surface area contributed by atoms with E-state index in [1.807, 2.05) is 41.0 Å². The number of hydrogen-bond acceptors (Lipinski definition) is 3. The molecule has 5 heteroatoms. The molecule has 2 aliphatic rings. The van der Waals surface area contributed by atoms with Gasteiger partial charge in [-0.3, -0.25) is 4.79 Å². The molecule has 1 saturated heterocycles. The highest BCUT2D eigenvalue weighted by Gasteiger charge is 2.55. The van der Waals surface area contributed by atoms with Gasteiger partial charge in [0.15, 0.2) is 0 Å². The average Bonchev–Trinajstić information content (AvgIpc) is 3.32. The lowest BCUT2D eigenvalue weighted by molar-refractivity contribution is -0.0592. The summed E-state index contributed by atoms with van der Waals surface area (Å²) in [7, 11) is 1.80. The van der Waals surface area contributed by atoms with Gasteiger partial charge in [-0.15, -0.1) is 0 Å². The van der Waals surface area contributed by atoms with Gasteiger partial charge >= 0.3 is 0 Å². The quantitative estimate of drug-likeness (QED) is 0.510. The van der Waals surface area contributed by atoms with Crippen molar-refractivity contribution in [3.05, 3.63) is 65.9 Å². The minimum absolute atomic E-state index is 0.0973. The number of para-hydroxylation sites is 1. The van der Waals surface area contributed by atoms with Crippen LogP contribution in [0.4, 0.5) is 5.69 Å². The van der Waals surface area contributed by atoms with Crippen LogP contribution >= 0.6 is 0 Å². The molecule has 0 unspecified atom stereocenters. The van der Waals surface area contributed by atoms with Crippen molar-refractivity contribution in [1.29, 1.82) is 5.26 Å². The number of nitrogens with zero attached hydrogens (tertiary/aromatic N) is 3. The highest BCUT2D eigenvalue weighted by Crippen LogP contribution is 2.52. The first-order chi connectivity index (χ1) is 15.8. The summed E-state index contributed by atoms with van der Waals surface area (Å²) >= 11 is 0. The maximum atomic E-state index is 13.7. The predicted molar refractivity (Wildman–Crippen MR) is 130 cm³/mol. The summed E-state index contributed by atoms with van der Waals surface area (Å²) in [6.07, 6.45) is 2.73. The largest absolute Gasteiger partial charge is 0.376 e. The van der Waals surface area contributed by atoms with Crippen molar-refractivity contribution in [2.45, 2.75) is 57.1 Å². The van der Waals surface area contributed by atoms with Gasteiger partial charge in [0.05, 0.1) is 17.2 Å². The Labute approximate surface area is 195 Å². The van der Waals surface area contributed by atoms with Crippen LogP contribution in [0.1, 0.15) is 62.0 Å². The third-order valence-electron chi connectivity index (χ3n) is 7.53. The van der Waals surface area contributed by atoms with Gasteiger partial charge in [0.25, 0.3) is 5.91 Å². The lowest BCUT2D eigenvalue weighted by atomic mass is 9.83. The van der Waals surface area contributed by atoms with E-state index in [4.69, 9.17) is 4.74 Å². The van der Waals surface area contributed by atoms with E-state index in [-0.39, 0.29) is 17.4 Å². The number of fused-ring (bicyclic) bond motifs is 1. The van der Waals surface area contributed by atoms with Crippen LogP contribution in [0.15, 0.2) is 54.6 Å². The molecule has 1 aromatic heterocycles. The zero-order chi connectivity index (χ0) is 23.4. The lowest BCUT2D eigenvalue weighted by Gasteiger charge is -2.35. The normalized spacial score (nSPS) is 26.0. The van der Waals surface area contributed by atoms with Gasteiger partial charge in [-0.1, -0.05) is 31.2 Å². The third kappa shape index (κ3) is 3.63. The first kappa shape index (κ1) is 21.7. The van der Waals surface area contributed by atoms with Crippen LogP contribution in [0.5, 0.6) is 0 Å². The van der Waals surface area contributed by atoms with Gasteiger partial charge in [0.2, 0.25) is 0 Å². The number of benzene rings is 2. The Kier molecular flexibility index (Phi) is 5.10. The second kappa shape index (κ2) is 7.74. The second-order valence-corrected chi connectivity index (χ2v) is 10.3. The van der Waals surface area contributed by atoms with Gasteiger partial charge in [0.1, 0.15) is 11.2 Å². The van der Waals surface area contributed by atoms with Gasteiger partial charge in [0, 0.05) is 24.7 Å². The topological polar surface area (TPSA) is 58.3 Å². The van der Waals surface area contributed by atoms with Crippen molar-refractivity contribution in [1.82, 2.24) is 4.57 Å². The van der Waals surface area contributed by atoms with Crippen molar-refractivity contribution in [2.75, 3.05) is 18.6 Å². The standard InChI is InChI=1S/C28H31N3O2/c1-19-16-28(19,18-29)31-24-11-10-20(21-12-13-33-27(2,3)17-21)14-22(24)15-25(31)26(32)30(4)23-8-6-5-7-9-23/h5-11,14-15,19,21H,12-13,16-17H2,1-4H3/t19-,21+,28+/m1/s1. The summed E-state index contributed by atoms with van der Waals surface area (Å²) < 4.78 is 7.92. The molecule has 3 atom stereocenters. The Hall–Kier alpha value is -3.10. The maximum Gasteiger partial charge on any atom is 0.274 e. The van der Waals surface area contributed by atoms with Crippen LogP contribution in [0.3, 0.4) is 0 Å². The van der Waals surface area contributed by atoms with Crippen LogP contribution in [0.2, 0.25) is 0 Å². The van der Waals surface area contributed by atoms with E-state index in [2.05, 4.69) is 45.0 Å². The molecular weight excluding hydrogens is 410 g/mol. The van der Waals surface area contributed by atoms with Crippen LogP contribution < -0.4 is 4.90 Å². The number of aromatic nitrogens is 1. The molecule has 0 bridgehead atoms. The monoisotopic (exact) mass is 441 g/mol. The van der Waals surface area contributed by atoms with Gasteiger partial charge in [-0.25, -0.2) is 0 Å². The number of nitriles is 1. The molecular formula is C28H31N3O2. The van der Waals surface area contributed by atoms with E-state index in [1.165, 1.54) is 5.56 Å². The average molecular weight is 442 g/mol. The first-order valence-corrected chi connectivity index (χ1v) is 11.8. The zero-order valence-electron chi connectivity index (χ0n) is 19.8. The second-order valence-electron chi connectivity index (χ2n) is 10.3. The molecule has 3 aromatic rings. The number of hydrogen-bond donors (Lipinski definition) is 0. The molecule has 33 heavy (non-hydrogen) atoms. The fraction of sp³-hybridized carbons (Fsp3) is 0.429. The summed E-state index contributed by atoms with van der Waals surface area (Å²) in [4.78, 5) is 15.4. The van der Waals surface area contributed by atoms with Crippen LogP contribution in [-0.4, -0.2) is 29.7 Å². The Balaban J connectivity index is 1.61.